The first-order valence-electron chi connectivity index (χ1n) is 15.1. The second kappa shape index (κ2) is 16.6. The van der Waals surface area contributed by atoms with Crippen molar-refractivity contribution in [3.63, 3.8) is 0 Å². The summed E-state index contributed by atoms with van der Waals surface area (Å²) in [6.45, 7) is 6.91. The van der Waals surface area contributed by atoms with E-state index in [4.69, 9.17) is 9.47 Å². The lowest BCUT2D eigenvalue weighted by Gasteiger charge is -2.35. The zero-order valence-corrected chi connectivity index (χ0v) is 28.5. The van der Waals surface area contributed by atoms with Crippen LogP contribution >= 0.6 is 23.1 Å². The van der Waals surface area contributed by atoms with Crippen LogP contribution in [0.1, 0.15) is 79.7 Å². The molecule has 0 radical (unpaired) electrons. The standard InChI is InChI=1S/C32H42F3N3O6S2/c1-18(2)26(38(5)28(40)13-22-15-45-16-22)14-27(44-20(4)39)30-37-25(17-46-30)29(41)36-24(11-19(3)31(42)43-6)12-21-7-9-23(10-8-21)32(33,34)35/h7-10,17-19,22,24,26-27H,11-16H2,1-6H3,(H,36,41). The fourth-order valence-corrected chi connectivity index (χ4v) is 6.95. The first-order chi connectivity index (χ1) is 21.6. The summed E-state index contributed by atoms with van der Waals surface area (Å²) in [7, 11) is 3.01. The second-order valence-electron chi connectivity index (χ2n) is 12.1. The second-order valence-corrected chi connectivity index (χ2v) is 14.0. The normalized spacial score (nSPS) is 16.1. The number of thiazole rings is 1. The van der Waals surface area contributed by atoms with Crippen molar-refractivity contribution in [1.29, 1.82) is 0 Å². The van der Waals surface area contributed by atoms with Crippen molar-refractivity contribution < 1.29 is 41.8 Å². The van der Waals surface area contributed by atoms with Crippen LogP contribution in [0.25, 0.3) is 0 Å². The highest BCUT2D eigenvalue weighted by Crippen LogP contribution is 2.33. The number of alkyl halides is 3. The van der Waals surface area contributed by atoms with Gasteiger partial charge in [-0.1, -0.05) is 32.9 Å². The molecule has 9 nitrogen and oxygen atoms in total. The number of hydrogen-bond donors (Lipinski definition) is 1. The van der Waals surface area contributed by atoms with E-state index in [2.05, 4.69) is 10.3 Å². The number of carbonyl (C=O) groups is 4. The average Bonchev–Trinajstić information content (AvgIpc) is 3.46. The van der Waals surface area contributed by atoms with E-state index in [-0.39, 0.29) is 36.4 Å². The maximum Gasteiger partial charge on any atom is 0.416 e. The lowest BCUT2D eigenvalue weighted by Crippen LogP contribution is -2.43. The van der Waals surface area contributed by atoms with Gasteiger partial charge < -0.3 is 19.7 Å². The molecule has 1 aromatic carbocycles. The third kappa shape index (κ3) is 10.7. The summed E-state index contributed by atoms with van der Waals surface area (Å²) >= 11 is 2.96. The first-order valence-corrected chi connectivity index (χ1v) is 17.1. The Hall–Kier alpha value is -3.13. The molecule has 254 valence electrons. The van der Waals surface area contributed by atoms with Gasteiger partial charge in [0.2, 0.25) is 5.91 Å². The van der Waals surface area contributed by atoms with Gasteiger partial charge in [-0.2, -0.15) is 24.9 Å². The number of hydrogen-bond acceptors (Lipinski definition) is 9. The number of benzene rings is 1. The Morgan fingerprint density at radius 1 is 1.09 bits per heavy atom. The van der Waals surface area contributed by atoms with Crippen molar-refractivity contribution >= 4 is 46.9 Å². The van der Waals surface area contributed by atoms with Crippen molar-refractivity contribution in [1.82, 2.24) is 15.2 Å². The van der Waals surface area contributed by atoms with Crippen molar-refractivity contribution in [2.45, 2.75) is 77.7 Å². The van der Waals surface area contributed by atoms with Gasteiger partial charge in [-0.05, 0) is 53.9 Å². The number of ether oxygens (including phenoxy) is 2. The number of halogens is 3. The van der Waals surface area contributed by atoms with Crippen LogP contribution in [0, 0.1) is 17.8 Å². The van der Waals surface area contributed by atoms with Gasteiger partial charge in [0.25, 0.3) is 5.91 Å². The molecule has 4 unspecified atom stereocenters. The Morgan fingerprint density at radius 2 is 1.74 bits per heavy atom. The quantitative estimate of drug-likeness (QED) is 0.230. The molecule has 1 N–H and O–H groups in total. The summed E-state index contributed by atoms with van der Waals surface area (Å²) in [6.07, 6.45) is -4.19. The minimum Gasteiger partial charge on any atom is -0.469 e. The smallest absolute Gasteiger partial charge is 0.416 e. The summed E-state index contributed by atoms with van der Waals surface area (Å²) in [5.41, 5.74) is -0.183. The Morgan fingerprint density at radius 3 is 2.26 bits per heavy atom. The van der Waals surface area contributed by atoms with Crippen LogP contribution in [0.2, 0.25) is 0 Å². The molecule has 1 aliphatic rings. The Labute approximate surface area is 276 Å². The molecular weight excluding hydrogens is 643 g/mol. The monoisotopic (exact) mass is 685 g/mol. The third-order valence-corrected chi connectivity index (χ3v) is 10.3. The predicted molar refractivity (Wildman–Crippen MR) is 170 cm³/mol. The summed E-state index contributed by atoms with van der Waals surface area (Å²) in [6, 6.07) is 3.75. The number of nitrogens with zero attached hydrogens (tertiary/aromatic N) is 2. The fraction of sp³-hybridized carbons (Fsp3) is 0.594. The minimum absolute atomic E-state index is 0.0325. The SMILES string of the molecule is COC(=O)C(C)CC(Cc1ccc(C(F)(F)F)cc1)NC(=O)c1csc(C(CC(C(C)C)N(C)C(=O)CC2CSC2)OC(C)=O)n1. The molecule has 14 heteroatoms. The molecule has 46 heavy (non-hydrogen) atoms. The van der Waals surface area contributed by atoms with Gasteiger partial charge in [-0.15, -0.1) is 11.3 Å². The van der Waals surface area contributed by atoms with Crippen LogP contribution < -0.4 is 5.32 Å². The van der Waals surface area contributed by atoms with E-state index in [9.17, 15) is 32.3 Å². The molecule has 1 aromatic heterocycles. The van der Waals surface area contributed by atoms with E-state index in [0.29, 0.717) is 29.3 Å². The maximum absolute atomic E-state index is 13.4. The van der Waals surface area contributed by atoms with Crippen LogP contribution in [-0.4, -0.2) is 71.4 Å². The Bertz CT molecular complexity index is 1350. The van der Waals surface area contributed by atoms with Gasteiger partial charge in [-0.25, -0.2) is 4.98 Å². The van der Waals surface area contributed by atoms with Crippen LogP contribution in [0.3, 0.4) is 0 Å². The topological polar surface area (TPSA) is 115 Å². The highest BCUT2D eigenvalue weighted by Gasteiger charge is 2.33. The molecular formula is C32H42F3N3O6S2. The van der Waals surface area contributed by atoms with E-state index < -0.39 is 47.6 Å². The molecule has 4 atom stereocenters. The van der Waals surface area contributed by atoms with Gasteiger partial charge in [-0.3, -0.25) is 19.2 Å². The van der Waals surface area contributed by atoms with Crippen LogP contribution in [0.4, 0.5) is 13.2 Å². The van der Waals surface area contributed by atoms with E-state index >= 15 is 0 Å². The van der Waals surface area contributed by atoms with E-state index in [0.717, 1.165) is 35.0 Å². The molecule has 2 heterocycles. The highest BCUT2D eigenvalue weighted by atomic mass is 32.2. The highest BCUT2D eigenvalue weighted by molar-refractivity contribution is 8.00. The maximum atomic E-state index is 13.4. The molecule has 1 aliphatic heterocycles. The average molecular weight is 686 g/mol. The number of thioether (sulfide) groups is 1. The number of esters is 2. The van der Waals surface area contributed by atoms with E-state index in [1.807, 2.05) is 25.6 Å². The number of methoxy groups -OCH3 is 1. The fourth-order valence-electron chi connectivity index (χ4n) is 5.31. The number of rotatable bonds is 15. The predicted octanol–water partition coefficient (Wildman–Crippen LogP) is 5.93. The summed E-state index contributed by atoms with van der Waals surface area (Å²) in [5, 5.41) is 4.79. The van der Waals surface area contributed by atoms with E-state index in [1.54, 1.807) is 18.9 Å². The van der Waals surface area contributed by atoms with Crippen molar-refractivity contribution in [3.05, 3.63) is 51.5 Å². The molecule has 1 fully saturated rings. The molecule has 0 bridgehead atoms. The van der Waals surface area contributed by atoms with Crippen LogP contribution in [-0.2, 0) is 36.5 Å². The number of nitrogens with one attached hydrogen (secondary N) is 1. The van der Waals surface area contributed by atoms with Crippen LogP contribution in [0.15, 0.2) is 29.6 Å². The van der Waals surface area contributed by atoms with Gasteiger partial charge in [0.05, 0.1) is 18.6 Å². The number of amides is 2. The van der Waals surface area contributed by atoms with Crippen molar-refractivity contribution in [2.75, 3.05) is 25.7 Å². The molecule has 3 rings (SSSR count). The molecule has 2 amide bonds. The molecule has 0 spiro atoms. The van der Waals surface area contributed by atoms with Crippen molar-refractivity contribution in [3.8, 4) is 0 Å². The van der Waals surface area contributed by atoms with Crippen molar-refractivity contribution in [2.24, 2.45) is 17.8 Å². The lowest BCUT2D eigenvalue weighted by atomic mass is 9.95. The van der Waals surface area contributed by atoms with Gasteiger partial charge in [0.1, 0.15) is 10.7 Å². The van der Waals surface area contributed by atoms with E-state index in [1.165, 1.54) is 31.5 Å². The van der Waals surface area contributed by atoms with Gasteiger partial charge >= 0.3 is 18.1 Å². The zero-order valence-electron chi connectivity index (χ0n) is 26.9. The molecule has 0 saturated carbocycles. The Kier molecular flexibility index (Phi) is 13.5. The van der Waals surface area contributed by atoms with Gasteiger partial charge in [0.15, 0.2) is 6.10 Å². The lowest BCUT2D eigenvalue weighted by molar-refractivity contribution is -0.148. The van der Waals surface area contributed by atoms with Gasteiger partial charge in [0, 0.05) is 44.3 Å². The summed E-state index contributed by atoms with van der Waals surface area (Å²) in [4.78, 5) is 56.8. The minimum atomic E-state index is -4.48. The molecule has 1 saturated heterocycles. The molecule has 0 aliphatic carbocycles. The summed E-state index contributed by atoms with van der Waals surface area (Å²) in [5.74, 6) is 0.236. The summed E-state index contributed by atoms with van der Waals surface area (Å²) < 4.78 is 49.6. The van der Waals surface area contributed by atoms with Crippen LogP contribution in [0.5, 0.6) is 0 Å². The number of aromatic nitrogens is 1. The molecule has 2 aromatic rings. The first kappa shape index (κ1) is 37.3. The zero-order chi connectivity index (χ0) is 34.2. The largest absolute Gasteiger partial charge is 0.469 e. The number of carbonyl (C=O) groups excluding carboxylic acids is 4. The Balaban J connectivity index is 1.78. The third-order valence-electron chi connectivity index (χ3n) is 7.96.